The summed E-state index contributed by atoms with van der Waals surface area (Å²) < 4.78 is 13.0. The molecule has 0 unspecified atom stereocenters. The standard InChI is InChI=1S/C6H4F.C5H12.Ti/c7-6-4-2-1-3-5-6;1-3-5-4-2;/h1-4H;3-5H2,1-2H3;. The molecule has 1 aromatic rings. The maximum atomic E-state index is 12.3. The molecule has 0 atom stereocenters. The molecule has 13 heavy (non-hydrogen) atoms. The fourth-order valence-corrected chi connectivity index (χ4v) is 1.10. The summed E-state index contributed by atoms with van der Waals surface area (Å²) in [4.78, 5) is 0. The van der Waals surface area contributed by atoms with Gasteiger partial charge in [0.1, 0.15) is 0 Å². The predicted octanol–water partition coefficient (Wildman–Crippen LogP) is 3.19. The Bertz CT molecular complexity index is 200. The normalized spacial score (nSPS) is 8.77. The van der Waals surface area contributed by atoms with Crippen molar-refractivity contribution >= 4 is 3.87 Å². The molecule has 1 rings (SSSR count). The van der Waals surface area contributed by atoms with Crippen molar-refractivity contribution in [1.29, 1.82) is 0 Å². The van der Waals surface area contributed by atoms with Crippen molar-refractivity contribution in [2.75, 3.05) is 0 Å². The van der Waals surface area contributed by atoms with E-state index in [2.05, 4.69) is 13.8 Å². The van der Waals surface area contributed by atoms with Gasteiger partial charge in [0.05, 0.1) is 0 Å². The van der Waals surface area contributed by atoms with Crippen LogP contribution in [0.4, 0.5) is 4.39 Å². The monoisotopic (exact) mass is 215 g/mol. The zero-order chi connectivity index (χ0) is 10.1. The summed E-state index contributed by atoms with van der Waals surface area (Å²) in [7, 11) is 0. The first-order chi connectivity index (χ1) is 6.22. The Morgan fingerprint density at radius 3 is 1.92 bits per heavy atom. The second-order valence-electron chi connectivity index (χ2n) is 2.83. The first-order valence-electron chi connectivity index (χ1n) is 4.68. The Hall–Kier alpha value is -0.136. The minimum absolute atomic E-state index is 0.132. The van der Waals surface area contributed by atoms with Gasteiger partial charge in [0.15, 0.2) is 0 Å². The molecule has 1 aromatic carbocycles. The molecule has 2 heteroatoms. The topological polar surface area (TPSA) is 0 Å². The van der Waals surface area contributed by atoms with Gasteiger partial charge < -0.3 is 0 Å². The van der Waals surface area contributed by atoms with E-state index < -0.39 is 0 Å². The van der Waals surface area contributed by atoms with Gasteiger partial charge in [-0.05, 0) is 0 Å². The molecular weight excluding hydrogens is 199 g/mol. The molecule has 0 aliphatic heterocycles. The van der Waals surface area contributed by atoms with Crippen molar-refractivity contribution in [1.82, 2.24) is 0 Å². The van der Waals surface area contributed by atoms with E-state index in [-0.39, 0.29) is 5.82 Å². The van der Waals surface area contributed by atoms with Gasteiger partial charge in [-0.3, -0.25) is 0 Å². The summed E-state index contributed by atoms with van der Waals surface area (Å²) in [5.41, 5.74) is 0. The van der Waals surface area contributed by atoms with Crippen molar-refractivity contribution in [3.8, 4) is 0 Å². The zero-order valence-electron chi connectivity index (χ0n) is 8.31. The molecule has 0 bridgehead atoms. The molecule has 0 saturated carbocycles. The van der Waals surface area contributed by atoms with Crippen molar-refractivity contribution in [2.45, 2.75) is 33.1 Å². The average molecular weight is 215 g/mol. The van der Waals surface area contributed by atoms with Crippen LogP contribution in [0.25, 0.3) is 0 Å². The van der Waals surface area contributed by atoms with Crippen molar-refractivity contribution < 1.29 is 24.8 Å². The molecule has 0 heterocycles. The van der Waals surface area contributed by atoms with Crippen LogP contribution < -0.4 is 3.87 Å². The van der Waals surface area contributed by atoms with Crippen LogP contribution in [0.1, 0.15) is 33.1 Å². The van der Waals surface area contributed by atoms with E-state index in [1.165, 1.54) is 25.3 Å². The number of benzene rings is 1. The molecular formula is C11H16FTi. The van der Waals surface area contributed by atoms with Gasteiger partial charge in [0.2, 0.25) is 0 Å². The number of rotatable bonds is 2. The molecule has 0 N–H and O–H groups in total. The van der Waals surface area contributed by atoms with E-state index in [4.69, 9.17) is 0 Å². The molecule has 71 valence electrons. The van der Waals surface area contributed by atoms with Crippen molar-refractivity contribution in [3.63, 3.8) is 0 Å². The quantitative estimate of drug-likeness (QED) is 0.664. The number of hydrogen-bond donors (Lipinski definition) is 0. The van der Waals surface area contributed by atoms with E-state index in [9.17, 15) is 4.39 Å². The van der Waals surface area contributed by atoms with Gasteiger partial charge in [0.25, 0.3) is 0 Å². The summed E-state index contributed by atoms with van der Waals surface area (Å²) in [5, 5.41) is 0. The van der Waals surface area contributed by atoms with Crippen LogP contribution in [0.5, 0.6) is 0 Å². The van der Waals surface area contributed by atoms with E-state index >= 15 is 0 Å². The fourth-order valence-electron chi connectivity index (χ4n) is 0.815. The first-order valence-corrected chi connectivity index (χ1v) is 5.46. The Morgan fingerprint density at radius 1 is 1.15 bits per heavy atom. The van der Waals surface area contributed by atoms with E-state index in [1.807, 2.05) is 6.07 Å². The van der Waals surface area contributed by atoms with Crippen LogP contribution in [-0.2, 0) is 20.4 Å². The van der Waals surface area contributed by atoms with Crippen LogP contribution in [0.3, 0.4) is 0 Å². The molecule has 0 nitrogen and oxygen atoms in total. The van der Waals surface area contributed by atoms with Gasteiger partial charge in [0, 0.05) is 0 Å². The number of unbranched alkanes of at least 4 members (excludes halogenated alkanes) is 2. The van der Waals surface area contributed by atoms with E-state index in [0.29, 0.717) is 3.87 Å². The van der Waals surface area contributed by atoms with E-state index in [0.717, 1.165) is 0 Å². The number of halogens is 1. The predicted molar refractivity (Wildman–Crippen MR) is 51.2 cm³/mol. The molecule has 0 radical (unpaired) electrons. The second kappa shape index (κ2) is 8.46. The van der Waals surface area contributed by atoms with Gasteiger partial charge in [-0.2, -0.15) is 0 Å². The maximum absolute atomic E-state index is 12.3. The van der Waals surface area contributed by atoms with Gasteiger partial charge in [-0.1, -0.05) is 33.1 Å². The first kappa shape index (κ1) is 12.9. The van der Waals surface area contributed by atoms with Crippen molar-refractivity contribution in [2.24, 2.45) is 0 Å². The Labute approximate surface area is 92.0 Å². The Morgan fingerprint density at radius 2 is 1.69 bits per heavy atom. The van der Waals surface area contributed by atoms with Gasteiger partial charge in [-0.25, -0.2) is 0 Å². The van der Waals surface area contributed by atoms with E-state index in [1.54, 1.807) is 32.6 Å². The minimum atomic E-state index is -0.132. The van der Waals surface area contributed by atoms with Crippen LogP contribution >= 0.6 is 0 Å². The summed E-state index contributed by atoms with van der Waals surface area (Å²) in [5.74, 6) is -0.132. The second-order valence-corrected chi connectivity index (χ2v) is 3.67. The summed E-state index contributed by atoms with van der Waals surface area (Å²) in [6, 6.07) is 6.70. The number of hydrogen-bond acceptors (Lipinski definition) is 0. The molecule has 0 aliphatic carbocycles. The molecule has 0 aromatic heterocycles. The summed E-state index contributed by atoms with van der Waals surface area (Å²) >= 11 is 1.75. The molecule has 0 aliphatic rings. The third kappa shape index (κ3) is 6.98. The fraction of sp³-hybridized carbons (Fsp3) is 0.455. The summed E-state index contributed by atoms with van der Waals surface area (Å²) in [6.07, 6.45) is 4.08. The van der Waals surface area contributed by atoms with Crippen LogP contribution in [0.15, 0.2) is 24.3 Å². The molecule has 0 saturated heterocycles. The Balaban J connectivity index is 0.000000252. The third-order valence-electron chi connectivity index (χ3n) is 1.58. The zero-order valence-corrected chi connectivity index (χ0v) is 9.87. The van der Waals surface area contributed by atoms with Crippen LogP contribution in [0.2, 0.25) is 0 Å². The Kier molecular flexibility index (Phi) is 8.37. The summed E-state index contributed by atoms with van der Waals surface area (Å²) in [6.45, 7) is 4.42. The SMILES string of the molecule is CCCCC.Fc1cccc[c]1[Ti]. The molecule has 0 fully saturated rings. The van der Waals surface area contributed by atoms with Crippen LogP contribution in [0, 0.1) is 5.82 Å². The van der Waals surface area contributed by atoms with Gasteiger partial charge >= 0.3 is 58.8 Å². The molecule has 0 spiro atoms. The molecule has 0 amide bonds. The van der Waals surface area contributed by atoms with Gasteiger partial charge in [-0.15, -0.1) is 0 Å². The third-order valence-corrected chi connectivity index (χ3v) is 2.21. The average Bonchev–Trinajstić information content (AvgIpc) is 2.13. The van der Waals surface area contributed by atoms with Crippen molar-refractivity contribution in [3.05, 3.63) is 30.1 Å². The van der Waals surface area contributed by atoms with Crippen LogP contribution in [-0.4, -0.2) is 0 Å².